The minimum absolute atomic E-state index is 0.00135. The van der Waals surface area contributed by atoms with Gasteiger partial charge in [-0.05, 0) is 61.9 Å². The summed E-state index contributed by atoms with van der Waals surface area (Å²) in [5.41, 5.74) is 2.41. The number of nitrogens with zero attached hydrogens (tertiary/aromatic N) is 1. The number of benzene rings is 1. The van der Waals surface area contributed by atoms with Crippen molar-refractivity contribution >= 4 is 38.6 Å². The molecule has 2 aromatic rings. The number of nitrogens with one attached hydrogen (secondary N) is 1. The predicted octanol–water partition coefficient (Wildman–Crippen LogP) is 3.49. The first-order valence-corrected chi connectivity index (χ1v) is 10.3. The molecule has 1 aromatic heterocycles. The van der Waals surface area contributed by atoms with E-state index >= 15 is 0 Å². The fourth-order valence-electron chi connectivity index (χ4n) is 2.69. The maximum Gasteiger partial charge on any atom is 0.268 e. The summed E-state index contributed by atoms with van der Waals surface area (Å²) < 4.78 is 26.7. The number of anilines is 2. The lowest BCUT2D eigenvalue weighted by molar-refractivity contribution is 0.0989. The van der Waals surface area contributed by atoms with Gasteiger partial charge >= 0.3 is 0 Å². The average Bonchev–Trinajstić information content (AvgIpc) is 3.07. The van der Waals surface area contributed by atoms with E-state index in [2.05, 4.69) is 4.72 Å². The van der Waals surface area contributed by atoms with Crippen molar-refractivity contribution < 1.29 is 13.2 Å². The molecule has 128 valence electrons. The molecule has 24 heavy (non-hydrogen) atoms. The number of hydrogen-bond acceptors (Lipinski definition) is 4. The Morgan fingerprint density at radius 1 is 1.29 bits per heavy atom. The van der Waals surface area contributed by atoms with Gasteiger partial charge in [-0.1, -0.05) is 6.07 Å². The third kappa shape index (κ3) is 3.32. The summed E-state index contributed by atoms with van der Waals surface area (Å²) >= 11 is 1.43. The van der Waals surface area contributed by atoms with Gasteiger partial charge in [-0.3, -0.25) is 9.52 Å². The molecule has 0 spiro atoms. The molecule has 3 rings (SSSR count). The smallest absolute Gasteiger partial charge is 0.268 e. The molecule has 0 saturated heterocycles. The molecule has 0 atom stereocenters. The predicted molar refractivity (Wildman–Crippen MR) is 98.4 cm³/mol. The van der Waals surface area contributed by atoms with E-state index < -0.39 is 15.3 Å². The van der Waals surface area contributed by atoms with Crippen LogP contribution in [0.1, 0.15) is 35.5 Å². The molecule has 1 amide bonds. The summed E-state index contributed by atoms with van der Waals surface area (Å²) in [6, 6.07) is 9.08. The SMILES string of the molecule is CC(C)S(=O)(=O)Nc1ccc2c(c1)CCCN2C(=O)c1cccs1. The number of sulfonamides is 1. The van der Waals surface area contributed by atoms with Crippen molar-refractivity contribution in [2.45, 2.75) is 31.9 Å². The van der Waals surface area contributed by atoms with Crippen LogP contribution >= 0.6 is 11.3 Å². The highest BCUT2D eigenvalue weighted by molar-refractivity contribution is 7.93. The lowest BCUT2D eigenvalue weighted by atomic mass is 10.0. The summed E-state index contributed by atoms with van der Waals surface area (Å²) in [7, 11) is -3.37. The lowest BCUT2D eigenvalue weighted by Gasteiger charge is -2.29. The largest absolute Gasteiger partial charge is 0.307 e. The Labute approximate surface area is 146 Å². The number of fused-ring (bicyclic) bond motifs is 1. The number of aryl methyl sites for hydroxylation is 1. The summed E-state index contributed by atoms with van der Waals surface area (Å²) in [5.74, 6) is 0.00135. The second kappa shape index (κ2) is 6.57. The number of carbonyl (C=O) groups excluding carboxylic acids is 1. The van der Waals surface area contributed by atoms with Crippen molar-refractivity contribution in [2.75, 3.05) is 16.2 Å². The first-order chi connectivity index (χ1) is 11.4. The molecule has 5 nitrogen and oxygen atoms in total. The molecule has 7 heteroatoms. The number of amides is 1. The Morgan fingerprint density at radius 3 is 2.75 bits per heavy atom. The van der Waals surface area contributed by atoms with Crippen LogP contribution in [0.15, 0.2) is 35.7 Å². The Kier molecular flexibility index (Phi) is 4.64. The van der Waals surface area contributed by atoms with E-state index in [4.69, 9.17) is 0 Å². The summed E-state index contributed by atoms with van der Waals surface area (Å²) in [5, 5.41) is 1.40. The molecule has 0 aliphatic carbocycles. The number of thiophene rings is 1. The highest BCUT2D eigenvalue weighted by Crippen LogP contribution is 2.31. The zero-order valence-electron chi connectivity index (χ0n) is 13.7. The molecule has 1 aromatic carbocycles. The molecule has 0 saturated carbocycles. The normalized spacial score (nSPS) is 14.5. The van der Waals surface area contributed by atoms with Crippen LogP contribution < -0.4 is 9.62 Å². The van der Waals surface area contributed by atoms with Crippen LogP contribution in [-0.4, -0.2) is 26.1 Å². The van der Waals surface area contributed by atoms with Crippen molar-refractivity contribution in [1.82, 2.24) is 0 Å². The van der Waals surface area contributed by atoms with E-state index in [0.29, 0.717) is 17.1 Å². The highest BCUT2D eigenvalue weighted by Gasteiger charge is 2.25. The van der Waals surface area contributed by atoms with E-state index in [1.54, 1.807) is 24.8 Å². The Bertz CT molecular complexity index is 843. The van der Waals surface area contributed by atoms with Crippen LogP contribution in [0.5, 0.6) is 0 Å². The second-order valence-corrected chi connectivity index (χ2v) is 9.26. The molecule has 1 N–H and O–H groups in total. The zero-order valence-corrected chi connectivity index (χ0v) is 15.3. The maximum atomic E-state index is 12.7. The summed E-state index contributed by atoms with van der Waals surface area (Å²) in [6.45, 7) is 3.96. The molecular formula is C17H20N2O3S2. The molecular weight excluding hydrogens is 344 g/mol. The van der Waals surface area contributed by atoms with Crippen molar-refractivity contribution in [1.29, 1.82) is 0 Å². The fourth-order valence-corrected chi connectivity index (χ4v) is 4.05. The van der Waals surface area contributed by atoms with Crippen LogP contribution in [0, 0.1) is 0 Å². The van der Waals surface area contributed by atoms with Crippen LogP contribution in [0.2, 0.25) is 0 Å². The third-order valence-corrected chi connectivity index (χ3v) is 6.68. The molecule has 0 bridgehead atoms. The molecule has 1 aliphatic rings. The number of hydrogen-bond donors (Lipinski definition) is 1. The van der Waals surface area contributed by atoms with Gasteiger partial charge in [0.05, 0.1) is 10.1 Å². The van der Waals surface area contributed by atoms with Crippen LogP contribution in [-0.2, 0) is 16.4 Å². The minimum Gasteiger partial charge on any atom is -0.307 e. The standard InChI is InChI=1S/C17H20N2O3S2/c1-12(2)24(21,22)18-14-7-8-15-13(11-14)5-3-9-19(15)17(20)16-6-4-10-23-16/h4,6-8,10-12,18H,3,5,9H2,1-2H3. The van der Waals surface area contributed by atoms with Crippen molar-refractivity contribution in [3.8, 4) is 0 Å². The van der Waals surface area contributed by atoms with Crippen LogP contribution in [0.3, 0.4) is 0 Å². The second-order valence-electron chi connectivity index (χ2n) is 6.08. The van der Waals surface area contributed by atoms with Gasteiger partial charge in [0.1, 0.15) is 0 Å². The van der Waals surface area contributed by atoms with Crippen molar-refractivity contribution in [3.63, 3.8) is 0 Å². The first kappa shape index (κ1) is 17.0. The molecule has 0 radical (unpaired) electrons. The highest BCUT2D eigenvalue weighted by atomic mass is 32.2. The van der Waals surface area contributed by atoms with Crippen LogP contribution in [0.4, 0.5) is 11.4 Å². The van der Waals surface area contributed by atoms with E-state index in [-0.39, 0.29) is 5.91 Å². The van der Waals surface area contributed by atoms with Gasteiger partial charge in [-0.25, -0.2) is 8.42 Å². The molecule has 2 heterocycles. The van der Waals surface area contributed by atoms with Gasteiger partial charge in [0.25, 0.3) is 5.91 Å². The topological polar surface area (TPSA) is 66.5 Å². The van der Waals surface area contributed by atoms with Crippen molar-refractivity contribution in [2.24, 2.45) is 0 Å². The average molecular weight is 364 g/mol. The Balaban J connectivity index is 1.89. The number of rotatable bonds is 4. The van der Waals surface area contributed by atoms with Gasteiger partial charge in [-0.2, -0.15) is 0 Å². The maximum absolute atomic E-state index is 12.7. The van der Waals surface area contributed by atoms with Crippen molar-refractivity contribution in [3.05, 3.63) is 46.2 Å². The van der Waals surface area contributed by atoms with Gasteiger partial charge in [-0.15, -0.1) is 11.3 Å². The quantitative estimate of drug-likeness (QED) is 0.903. The zero-order chi connectivity index (χ0) is 17.3. The van der Waals surface area contributed by atoms with E-state index in [1.807, 2.05) is 29.6 Å². The first-order valence-electron chi connectivity index (χ1n) is 7.88. The van der Waals surface area contributed by atoms with E-state index in [1.165, 1.54) is 11.3 Å². The lowest BCUT2D eigenvalue weighted by Crippen LogP contribution is -2.35. The Hall–Kier alpha value is -1.86. The summed E-state index contributed by atoms with van der Waals surface area (Å²) in [4.78, 5) is 15.1. The Morgan fingerprint density at radius 2 is 2.08 bits per heavy atom. The van der Waals surface area contributed by atoms with E-state index in [9.17, 15) is 13.2 Å². The molecule has 0 fully saturated rings. The van der Waals surface area contributed by atoms with E-state index in [0.717, 1.165) is 24.1 Å². The summed E-state index contributed by atoms with van der Waals surface area (Å²) in [6.07, 6.45) is 1.70. The molecule has 0 unspecified atom stereocenters. The monoisotopic (exact) mass is 364 g/mol. The molecule has 1 aliphatic heterocycles. The number of carbonyl (C=O) groups is 1. The third-order valence-electron chi connectivity index (χ3n) is 4.06. The van der Waals surface area contributed by atoms with Gasteiger partial charge < -0.3 is 4.90 Å². The van der Waals surface area contributed by atoms with Gasteiger partial charge in [0.15, 0.2) is 0 Å². The minimum atomic E-state index is -3.37. The van der Waals surface area contributed by atoms with Gasteiger partial charge in [0, 0.05) is 17.9 Å². The van der Waals surface area contributed by atoms with Gasteiger partial charge in [0.2, 0.25) is 10.0 Å². The fraction of sp³-hybridized carbons (Fsp3) is 0.353. The van der Waals surface area contributed by atoms with Crippen LogP contribution in [0.25, 0.3) is 0 Å².